The Kier molecular flexibility index (Phi) is 4.95. The van der Waals surface area contributed by atoms with E-state index in [2.05, 4.69) is 0 Å². The van der Waals surface area contributed by atoms with Gasteiger partial charge in [-0.3, -0.25) is 9.69 Å². The Balaban J connectivity index is 1.65. The van der Waals surface area contributed by atoms with Crippen LogP contribution in [0.2, 0.25) is 0 Å². The molecule has 0 radical (unpaired) electrons. The van der Waals surface area contributed by atoms with Crippen molar-refractivity contribution in [3.63, 3.8) is 0 Å². The van der Waals surface area contributed by atoms with Crippen LogP contribution in [0, 0.1) is 0 Å². The van der Waals surface area contributed by atoms with E-state index >= 15 is 0 Å². The minimum atomic E-state index is -0.622. The molecule has 0 saturated carbocycles. The Morgan fingerprint density at radius 1 is 1.11 bits per heavy atom. The van der Waals surface area contributed by atoms with Crippen molar-refractivity contribution < 1.29 is 14.3 Å². The number of hydrogen-bond donors (Lipinski definition) is 1. The second-order valence-corrected chi connectivity index (χ2v) is 7.86. The smallest absolute Gasteiger partial charge is 0.357 e. The van der Waals surface area contributed by atoms with Crippen LogP contribution < -0.4 is 5.73 Å². The van der Waals surface area contributed by atoms with Crippen LogP contribution in [-0.2, 0) is 14.3 Å². The number of amides is 1. The fourth-order valence-corrected chi connectivity index (χ4v) is 4.71. The molecule has 138 valence electrons. The normalized spacial score (nSPS) is 21.7. The second-order valence-electron chi connectivity index (χ2n) is 6.30. The molecule has 1 amide bonds. The zero-order valence-corrected chi connectivity index (χ0v) is 15.8. The average molecular weight is 401 g/mol. The first-order valence-electron chi connectivity index (χ1n) is 8.47. The number of hydrogen-bond acceptors (Lipinski definition) is 5. The highest BCUT2D eigenvalue weighted by Gasteiger charge is 2.52. The van der Waals surface area contributed by atoms with E-state index in [0.717, 1.165) is 11.1 Å². The van der Waals surface area contributed by atoms with Gasteiger partial charge in [0.1, 0.15) is 17.1 Å². The van der Waals surface area contributed by atoms with Gasteiger partial charge in [-0.25, -0.2) is 4.79 Å². The highest BCUT2D eigenvalue weighted by molar-refractivity contribution is 8.00. The van der Waals surface area contributed by atoms with Crippen molar-refractivity contribution in [1.82, 2.24) is 4.90 Å². The number of thioether (sulfide) groups is 1. The standard InChI is InChI=1S/C20H17ClN2O3S/c21-14-11-27-19-15(22)18(24)23(19)16(14)20(25)26-17(12-7-3-1-4-8-12)13-9-5-2-6-10-13/h1-10,15,17,19H,11,22H2/t15?,19-/m0/s1. The summed E-state index contributed by atoms with van der Waals surface area (Å²) in [5.41, 5.74) is 7.61. The molecule has 2 N–H and O–H groups in total. The number of fused-ring (bicyclic) bond motifs is 1. The average Bonchev–Trinajstić information content (AvgIpc) is 2.72. The van der Waals surface area contributed by atoms with Crippen LogP contribution in [0.1, 0.15) is 17.2 Å². The fraction of sp³-hybridized carbons (Fsp3) is 0.200. The molecule has 2 heterocycles. The zero-order valence-electron chi connectivity index (χ0n) is 14.2. The molecule has 5 nitrogen and oxygen atoms in total. The summed E-state index contributed by atoms with van der Waals surface area (Å²) in [4.78, 5) is 26.5. The quantitative estimate of drug-likeness (QED) is 0.631. The summed E-state index contributed by atoms with van der Waals surface area (Å²) in [6, 6.07) is 18.3. The monoisotopic (exact) mass is 400 g/mol. The van der Waals surface area contributed by atoms with Gasteiger partial charge in [0.2, 0.25) is 5.91 Å². The van der Waals surface area contributed by atoms with Gasteiger partial charge < -0.3 is 10.5 Å². The molecule has 1 unspecified atom stereocenters. The molecule has 1 fully saturated rings. The Morgan fingerprint density at radius 2 is 1.67 bits per heavy atom. The molecule has 7 heteroatoms. The first kappa shape index (κ1) is 18.1. The van der Waals surface area contributed by atoms with E-state index in [1.165, 1.54) is 16.7 Å². The molecule has 2 aliphatic heterocycles. The number of β-lactam (4-membered cyclic amide) rings is 1. The molecule has 2 aromatic carbocycles. The maximum absolute atomic E-state index is 13.0. The summed E-state index contributed by atoms with van der Waals surface area (Å²) in [7, 11) is 0. The summed E-state index contributed by atoms with van der Waals surface area (Å²) in [6.07, 6.45) is -0.602. The maximum Gasteiger partial charge on any atom is 0.357 e. The van der Waals surface area contributed by atoms with E-state index in [4.69, 9.17) is 22.1 Å². The number of ether oxygens (including phenoxy) is 1. The molecule has 2 atom stereocenters. The Hall–Kier alpha value is -2.28. The van der Waals surface area contributed by atoms with Crippen LogP contribution in [-0.4, -0.2) is 33.9 Å². The van der Waals surface area contributed by atoms with Crippen LogP contribution >= 0.6 is 23.4 Å². The number of nitrogens with zero attached hydrogens (tertiary/aromatic N) is 1. The number of carbonyl (C=O) groups is 2. The maximum atomic E-state index is 13.0. The lowest BCUT2D eigenvalue weighted by Crippen LogP contribution is -2.68. The van der Waals surface area contributed by atoms with E-state index in [1.807, 2.05) is 60.7 Å². The molecule has 1 saturated heterocycles. The molecule has 4 rings (SSSR count). The summed E-state index contributed by atoms with van der Waals surface area (Å²) < 4.78 is 5.84. The van der Waals surface area contributed by atoms with Crippen molar-refractivity contribution in [3.05, 3.63) is 82.5 Å². The van der Waals surface area contributed by atoms with Gasteiger partial charge in [0, 0.05) is 5.75 Å². The number of esters is 1. The molecule has 0 bridgehead atoms. The molecule has 0 aromatic heterocycles. The van der Waals surface area contributed by atoms with Gasteiger partial charge in [0.05, 0.1) is 5.03 Å². The molecule has 0 aliphatic carbocycles. The zero-order chi connectivity index (χ0) is 19.0. The Bertz CT molecular complexity index is 864. The lowest BCUT2D eigenvalue weighted by molar-refractivity contribution is -0.152. The summed E-state index contributed by atoms with van der Waals surface area (Å²) in [5.74, 6) is -0.508. The van der Waals surface area contributed by atoms with E-state index < -0.39 is 18.1 Å². The van der Waals surface area contributed by atoms with Crippen LogP contribution in [0.25, 0.3) is 0 Å². The van der Waals surface area contributed by atoms with Crippen molar-refractivity contribution in [2.75, 3.05) is 5.75 Å². The summed E-state index contributed by atoms with van der Waals surface area (Å²) >= 11 is 7.73. The van der Waals surface area contributed by atoms with Gasteiger partial charge in [0.15, 0.2) is 6.10 Å². The van der Waals surface area contributed by atoms with Crippen LogP contribution in [0.15, 0.2) is 71.4 Å². The lowest BCUT2D eigenvalue weighted by atomic mass is 10.0. The minimum Gasteiger partial charge on any atom is -0.448 e. The van der Waals surface area contributed by atoms with E-state index in [9.17, 15) is 9.59 Å². The van der Waals surface area contributed by atoms with Crippen molar-refractivity contribution in [2.24, 2.45) is 5.73 Å². The van der Waals surface area contributed by atoms with E-state index in [1.54, 1.807) is 0 Å². The summed E-state index contributed by atoms with van der Waals surface area (Å²) in [5, 5.41) is 0.0378. The molecular formula is C20H17ClN2O3S. The predicted molar refractivity (Wildman–Crippen MR) is 105 cm³/mol. The number of benzene rings is 2. The number of halogens is 1. The lowest BCUT2D eigenvalue weighted by Gasteiger charge is -2.47. The first-order valence-corrected chi connectivity index (χ1v) is 9.90. The predicted octanol–water partition coefficient (Wildman–Crippen LogP) is 3.01. The molecule has 27 heavy (non-hydrogen) atoms. The number of rotatable bonds is 4. The second kappa shape index (κ2) is 7.38. The fourth-order valence-electron chi connectivity index (χ4n) is 3.22. The van der Waals surface area contributed by atoms with Gasteiger partial charge in [-0.15, -0.1) is 11.8 Å². The van der Waals surface area contributed by atoms with Crippen LogP contribution in [0.3, 0.4) is 0 Å². The van der Waals surface area contributed by atoms with Gasteiger partial charge in [-0.1, -0.05) is 72.3 Å². The van der Waals surface area contributed by atoms with E-state index in [0.29, 0.717) is 10.8 Å². The summed E-state index contributed by atoms with van der Waals surface area (Å²) in [6.45, 7) is 0. The highest BCUT2D eigenvalue weighted by atomic mass is 35.5. The number of carbonyl (C=O) groups excluding carboxylic acids is 2. The van der Waals surface area contributed by atoms with Crippen LogP contribution in [0.5, 0.6) is 0 Å². The third-order valence-corrected chi connectivity index (χ3v) is 6.36. The van der Waals surface area contributed by atoms with Crippen molar-refractivity contribution in [3.8, 4) is 0 Å². The van der Waals surface area contributed by atoms with Crippen molar-refractivity contribution in [2.45, 2.75) is 17.5 Å². The molecule has 2 aromatic rings. The van der Waals surface area contributed by atoms with E-state index in [-0.39, 0.29) is 17.0 Å². The first-order chi connectivity index (χ1) is 13.1. The molecule has 0 spiro atoms. The Labute approximate surface area is 166 Å². The van der Waals surface area contributed by atoms with Gasteiger partial charge in [-0.2, -0.15) is 0 Å². The van der Waals surface area contributed by atoms with Crippen molar-refractivity contribution >= 4 is 35.2 Å². The Morgan fingerprint density at radius 3 is 2.22 bits per heavy atom. The number of nitrogens with two attached hydrogens (primary N) is 1. The SMILES string of the molecule is NC1C(=O)N2C(C(=O)OC(c3ccccc3)c3ccccc3)=C(Cl)CS[C@@H]12. The largest absolute Gasteiger partial charge is 0.448 e. The van der Waals surface area contributed by atoms with Crippen LogP contribution in [0.4, 0.5) is 0 Å². The molecular weight excluding hydrogens is 384 g/mol. The highest BCUT2D eigenvalue weighted by Crippen LogP contribution is 2.41. The van der Waals surface area contributed by atoms with Gasteiger partial charge >= 0.3 is 5.97 Å². The third-order valence-electron chi connectivity index (χ3n) is 4.59. The topological polar surface area (TPSA) is 72.6 Å². The van der Waals surface area contributed by atoms with Gasteiger partial charge in [0.25, 0.3) is 0 Å². The third kappa shape index (κ3) is 3.25. The van der Waals surface area contributed by atoms with Gasteiger partial charge in [-0.05, 0) is 11.1 Å². The van der Waals surface area contributed by atoms with Crippen molar-refractivity contribution in [1.29, 1.82) is 0 Å². The minimum absolute atomic E-state index is 0.101. The molecule has 2 aliphatic rings.